The third-order valence-corrected chi connectivity index (χ3v) is 3.81. The van der Waals surface area contributed by atoms with Gasteiger partial charge in [0.2, 0.25) is 5.91 Å². The molecule has 23 heavy (non-hydrogen) atoms. The number of halogens is 1. The Balaban J connectivity index is 1.62. The minimum absolute atomic E-state index is 0.0812. The van der Waals surface area contributed by atoms with Crippen molar-refractivity contribution >= 4 is 23.3 Å². The molecule has 0 unspecified atom stereocenters. The second kappa shape index (κ2) is 7.15. The summed E-state index contributed by atoms with van der Waals surface area (Å²) in [5, 5.41) is 7.79. The van der Waals surface area contributed by atoms with E-state index in [1.54, 1.807) is 23.2 Å². The monoisotopic (exact) mass is 329 g/mol. The molecular formula is C17H16ClN3O2. The van der Waals surface area contributed by atoms with Crippen LogP contribution in [-0.4, -0.2) is 15.7 Å². The lowest BCUT2D eigenvalue weighted by Gasteiger charge is -2.10. The molecule has 1 amide bonds. The molecule has 0 spiro atoms. The van der Waals surface area contributed by atoms with Crippen LogP contribution < -0.4 is 5.32 Å². The maximum absolute atomic E-state index is 12.1. The van der Waals surface area contributed by atoms with Crippen LogP contribution in [0, 0.1) is 0 Å². The van der Waals surface area contributed by atoms with E-state index in [2.05, 4.69) is 10.4 Å². The molecule has 2 aromatic heterocycles. The molecule has 5 nitrogen and oxygen atoms in total. The first kappa shape index (κ1) is 15.4. The minimum atomic E-state index is -0.0812. The van der Waals surface area contributed by atoms with Crippen LogP contribution in [0.3, 0.4) is 0 Å². The molecule has 0 bridgehead atoms. The van der Waals surface area contributed by atoms with Crippen molar-refractivity contribution in [2.75, 3.05) is 5.32 Å². The number of hydrogen-bond donors (Lipinski definition) is 1. The van der Waals surface area contributed by atoms with Gasteiger partial charge in [-0.3, -0.25) is 4.79 Å². The quantitative estimate of drug-likeness (QED) is 0.749. The fraction of sp³-hybridized carbons (Fsp3) is 0.176. The van der Waals surface area contributed by atoms with Crippen LogP contribution in [0.1, 0.15) is 17.7 Å². The predicted octanol–water partition coefficient (Wildman–Crippen LogP) is 3.75. The van der Waals surface area contributed by atoms with Crippen molar-refractivity contribution in [2.45, 2.75) is 19.4 Å². The van der Waals surface area contributed by atoms with Crippen molar-refractivity contribution in [3.63, 3.8) is 0 Å². The van der Waals surface area contributed by atoms with Gasteiger partial charge in [0, 0.05) is 23.9 Å². The van der Waals surface area contributed by atoms with Crippen molar-refractivity contribution in [2.24, 2.45) is 0 Å². The van der Waals surface area contributed by atoms with E-state index in [0.29, 0.717) is 30.2 Å². The number of aryl methyl sites for hydroxylation is 1. The standard InChI is InChI=1S/C17H16ClN3O2/c18-15-6-2-1-4-13(15)12-21-16(9-10-19-21)20-17(22)8-7-14-5-3-11-23-14/h1-6,9-11H,7-8,12H2,(H,20,22). The predicted molar refractivity (Wildman–Crippen MR) is 88.4 cm³/mol. The first-order valence-corrected chi connectivity index (χ1v) is 7.67. The molecule has 118 valence electrons. The van der Waals surface area contributed by atoms with E-state index in [0.717, 1.165) is 11.3 Å². The maximum Gasteiger partial charge on any atom is 0.225 e. The Kier molecular flexibility index (Phi) is 4.78. The summed E-state index contributed by atoms with van der Waals surface area (Å²) in [4.78, 5) is 12.1. The number of benzene rings is 1. The third-order valence-electron chi connectivity index (χ3n) is 3.44. The number of carbonyl (C=O) groups excluding carboxylic acids is 1. The lowest BCUT2D eigenvalue weighted by molar-refractivity contribution is -0.116. The second-order valence-electron chi connectivity index (χ2n) is 5.09. The van der Waals surface area contributed by atoms with E-state index < -0.39 is 0 Å². The molecule has 2 heterocycles. The first-order chi connectivity index (χ1) is 11.2. The van der Waals surface area contributed by atoms with Crippen LogP contribution in [0.2, 0.25) is 5.02 Å². The summed E-state index contributed by atoms with van der Waals surface area (Å²) in [7, 11) is 0. The van der Waals surface area contributed by atoms with Crippen LogP contribution in [0.5, 0.6) is 0 Å². The summed E-state index contributed by atoms with van der Waals surface area (Å²) in [6, 6.07) is 13.0. The number of nitrogens with zero attached hydrogens (tertiary/aromatic N) is 2. The van der Waals surface area contributed by atoms with Gasteiger partial charge < -0.3 is 9.73 Å². The molecule has 3 aromatic rings. The molecule has 0 fully saturated rings. The maximum atomic E-state index is 12.1. The van der Waals surface area contributed by atoms with Gasteiger partial charge in [0.05, 0.1) is 19.0 Å². The summed E-state index contributed by atoms with van der Waals surface area (Å²) in [6.45, 7) is 0.500. The number of anilines is 1. The van der Waals surface area contributed by atoms with E-state index in [-0.39, 0.29) is 5.91 Å². The Morgan fingerprint density at radius 2 is 2.09 bits per heavy atom. The van der Waals surface area contributed by atoms with E-state index in [1.807, 2.05) is 36.4 Å². The lowest BCUT2D eigenvalue weighted by Crippen LogP contribution is -2.16. The Bertz CT molecular complexity index is 781. The summed E-state index contributed by atoms with van der Waals surface area (Å²) < 4.78 is 6.94. The number of aromatic nitrogens is 2. The highest BCUT2D eigenvalue weighted by molar-refractivity contribution is 6.31. The number of amides is 1. The van der Waals surface area contributed by atoms with Crippen LogP contribution >= 0.6 is 11.6 Å². The van der Waals surface area contributed by atoms with Crippen molar-refractivity contribution in [3.8, 4) is 0 Å². The molecule has 1 N–H and O–H groups in total. The van der Waals surface area contributed by atoms with Crippen molar-refractivity contribution in [1.82, 2.24) is 9.78 Å². The summed E-state index contributed by atoms with van der Waals surface area (Å²) >= 11 is 6.17. The van der Waals surface area contributed by atoms with Gasteiger partial charge in [-0.15, -0.1) is 0 Å². The fourth-order valence-corrected chi connectivity index (χ4v) is 2.45. The number of hydrogen-bond acceptors (Lipinski definition) is 3. The van der Waals surface area contributed by atoms with E-state index >= 15 is 0 Å². The Morgan fingerprint density at radius 3 is 2.87 bits per heavy atom. The van der Waals surface area contributed by atoms with Gasteiger partial charge >= 0.3 is 0 Å². The summed E-state index contributed by atoms with van der Waals surface area (Å²) in [5.74, 6) is 1.36. The molecule has 1 aromatic carbocycles. The zero-order valence-electron chi connectivity index (χ0n) is 12.4. The van der Waals surface area contributed by atoms with Gasteiger partial charge in [-0.25, -0.2) is 4.68 Å². The van der Waals surface area contributed by atoms with Gasteiger partial charge in [0.1, 0.15) is 11.6 Å². The molecule has 3 rings (SSSR count). The molecule has 0 saturated heterocycles. The van der Waals surface area contributed by atoms with Crippen LogP contribution in [-0.2, 0) is 17.8 Å². The van der Waals surface area contributed by atoms with E-state index in [1.165, 1.54) is 0 Å². The van der Waals surface area contributed by atoms with Crippen LogP contribution in [0.4, 0.5) is 5.82 Å². The zero-order valence-corrected chi connectivity index (χ0v) is 13.2. The minimum Gasteiger partial charge on any atom is -0.469 e. The highest BCUT2D eigenvalue weighted by atomic mass is 35.5. The molecule has 0 aliphatic rings. The number of nitrogens with one attached hydrogen (secondary N) is 1. The normalized spacial score (nSPS) is 10.7. The van der Waals surface area contributed by atoms with Crippen molar-refractivity contribution in [3.05, 3.63) is 71.3 Å². The molecule has 0 atom stereocenters. The smallest absolute Gasteiger partial charge is 0.225 e. The highest BCUT2D eigenvalue weighted by Gasteiger charge is 2.10. The van der Waals surface area contributed by atoms with Gasteiger partial charge in [-0.2, -0.15) is 5.10 Å². The molecule has 0 saturated carbocycles. The topological polar surface area (TPSA) is 60.1 Å². The second-order valence-corrected chi connectivity index (χ2v) is 5.50. The molecule has 0 radical (unpaired) electrons. The Hall–Kier alpha value is -2.53. The number of furan rings is 1. The van der Waals surface area contributed by atoms with Crippen molar-refractivity contribution in [1.29, 1.82) is 0 Å². The average molecular weight is 330 g/mol. The SMILES string of the molecule is O=C(CCc1ccco1)Nc1ccnn1Cc1ccccc1Cl. The Labute approximate surface area is 138 Å². The third kappa shape index (κ3) is 4.02. The van der Waals surface area contributed by atoms with Gasteiger partial charge in [0.25, 0.3) is 0 Å². The summed E-state index contributed by atoms with van der Waals surface area (Å²) in [6.07, 6.45) is 4.17. The number of carbonyl (C=O) groups is 1. The Morgan fingerprint density at radius 1 is 1.22 bits per heavy atom. The zero-order chi connectivity index (χ0) is 16.1. The van der Waals surface area contributed by atoms with E-state index in [4.69, 9.17) is 16.0 Å². The van der Waals surface area contributed by atoms with E-state index in [9.17, 15) is 4.79 Å². The molecule has 0 aliphatic heterocycles. The lowest BCUT2D eigenvalue weighted by atomic mass is 10.2. The summed E-state index contributed by atoms with van der Waals surface area (Å²) in [5.41, 5.74) is 0.948. The van der Waals surface area contributed by atoms with Crippen LogP contribution in [0.15, 0.2) is 59.3 Å². The fourth-order valence-electron chi connectivity index (χ4n) is 2.25. The van der Waals surface area contributed by atoms with Gasteiger partial charge in [-0.05, 0) is 23.8 Å². The van der Waals surface area contributed by atoms with Crippen molar-refractivity contribution < 1.29 is 9.21 Å². The largest absolute Gasteiger partial charge is 0.469 e. The highest BCUT2D eigenvalue weighted by Crippen LogP contribution is 2.18. The number of rotatable bonds is 6. The van der Waals surface area contributed by atoms with Crippen LogP contribution in [0.25, 0.3) is 0 Å². The first-order valence-electron chi connectivity index (χ1n) is 7.30. The molecule has 0 aliphatic carbocycles. The average Bonchev–Trinajstić information content (AvgIpc) is 3.20. The van der Waals surface area contributed by atoms with Gasteiger partial charge in [0.15, 0.2) is 0 Å². The molecule has 6 heteroatoms. The molecular weight excluding hydrogens is 314 g/mol. The van der Waals surface area contributed by atoms with Gasteiger partial charge in [-0.1, -0.05) is 29.8 Å².